The highest BCUT2D eigenvalue weighted by Crippen LogP contribution is 2.22. The average Bonchev–Trinajstić information content (AvgIpc) is 2.73. The Labute approximate surface area is 158 Å². The maximum absolute atomic E-state index is 13.0. The van der Waals surface area contributed by atoms with Crippen molar-refractivity contribution in [1.82, 2.24) is 0 Å². The first-order valence-corrected chi connectivity index (χ1v) is 8.50. The summed E-state index contributed by atoms with van der Waals surface area (Å²) in [6, 6.07) is 25.8. The van der Waals surface area contributed by atoms with Crippen molar-refractivity contribution in [2.75, 3.05) is 12.4 Å². The van der Waals surface area contributed by atoms with E-state index in [1.165, 1.54) is 7.11 Å². The van der Waals surface area contributed by atoms with E-state index in [4.69, 9.17) is 4.74 Å². The molecule has 0 radical (unpaired) electrons. The molecule has 0 bridgehead atoms. The molecule has 134 valence electrons. The molecule has 0 fully saturated rings. The first kappa shape index (κ1) is 18.1. The van der Waals surface area contributed by atoms with Crippen molar-refractivity contribution in [1.29, 1.82) is 0 Å². The van der Waals surface area contributed by atoms with Crippen LogP contribution in [-0.2, 0) is 9.53 Å². The van der Waals surface area contributed by atoms with Crippen molar-refractivity contribution < 1.29 is 14.3 Å². The highest BCUT2D eigenvalue weighted by molar-refractivity contribution is 6.29. The fourth-order valence-electron chi connectivity index (χ4n) is 2.68. The molecule has 4 heteroatoms. The first-order valence-electron chi connectivity index (χ1n) is 8.50. The molecule has 3 aromatic carbocycles. The Morgan fingerprint density at radius 1 is 0.815 bits per heavy atom. The number of hydrogen-bond acceptors (Lipinski definition) is 3. The molecule has 0 aromatic heterocycles. The molecule has 3 aromatic rings. The van der Waals surface area contributed by atoms with Crippen LogP contribution >= 0.6 is 0 Å². The molecule has 0 unspecified atom stereocenters. The van der Waals surface area contributed by atoms with Gasteiger partial charge < -0.3 is 10.1 Å². The van der Waals surface area contributed by atoms with Gasteiger partial charge in [0.2, 0.25) is 0 Å². The smallest absolute Gasteiger partial charge is 0.339 e. The molecule has 0 heterocycles. The number of benzene rings is 3. The first-order chi connectivity index (χ1) is 13.2. The molecule has 1 N–H and O–H groups in total. The minimum atomic E-state index is -0.501. The van der Waals surface area contributed by atoms with Gasteiger partial charge in [0.05, 0.1) is 18.4 Å². The zero-order chi connectivity index (χ0) is 19.1. The van der Waals surface area contributed by atoms with Crippen molar-refractivity contribution >= 4 is 29.2 Å². The standard InChI is InChI=1S/C23H19NO3/c1-27-23(26)19-14-8-9-15-21(19)24-22(25)20(18-12-6-3-7-13-18)16-17-10-4-2-5-11-17/h2-16H,1H3,(H,24,25)/b20-16+. The Hall–Kier alpha value is -3.66. The van der Waals surface area contributed by atoms with Gasteiger partial charge in [-0.25, -0.2) is 4.79 Å². The molecule has 4 nitrogen and oxygen atoms in total. The zero-order valence-electron chi connectivity index (χ0n) is 14.9. The fraction of sp³-hybridized carbons (Fsp3) is 0.0435. The van der Waals surface area contributed by atoms with Gasteiger partial charge in [0, 0.05) is 5.57 Å². The van der Waals surface area contributed by atoms with E-state index in [1.54, 1.807) is 24.3 Å². The number of ether oxygens (including phenoxy) is 1. The third kappa shape index (κ3) is 4.50. The van der Waals surface area contributed by atoms with Crippen LogP contribution in [-0.4, -0.2) is 19.0 Å². The van der Waals surface area contributed by atoms with Crippen LogP contribution in [0.25, 0.3) is 11.6 Å². The number of amides is 1. The van der Waals surface area contributed by atoms with Gasteiger partial charge in [0.25, 0.3) is 5.91 Å². The van der Waals surface area contributed by atoms with Gasteiger partial charge in [-0.15, -0.1) is 0 Å². The molecule has 0 saturated heterocycles. The molecule has 0 spiro atoms. The Morgan fingerprint density at radius 2 is 1.41 bits per heavy atom. The number of hydrogen-bond donors (Lipinski definition) is 1. The monoisotopic (exact) mass is 357 g/mol. The average molecular weight is 357 g/mol. The minimum Gasteiger partial charge on any atom is -0.465 e. The number of carbonyl (C=O) groups is 2. The summed E-state index contributed by atoms with van der Waals surface area (Å²) in [7, 11) is 1.31. The lowest BCUT2D eigenvalue weighted by Crippen LogP contribution is -2.16. The van der Waals surface area contributed by atoms with Crippen LogP contribution in [0.15, 0.2) is 84.9 Å². The van der Waals surface area contributed by atoms with Crippen LogP contribution in [0.3, 0.4) is 0 Å². The highest BCUT2D eigenvalue weighted by Gasteiger charge is 2.17. The van der Waals surface area contributed by atoms with Gasteiger partial charge in [0.1, 0.15) is 0 Å². The topological polar surface area (TPSA) is 55.4 Å². The largest absolute Gasteiger partial charge is 0.465 e. The normalized spacial score (nSPS) is 10.9. The maximum Gasteiger partial charge on any atom is 0.339 e. The second-order valence-corrected chi connectivity index (χ2v) is 5.83. The quantitative estimate of drug-likeness (QED) is 0.411. The molecular weight excluding hydrogens is 338 g/mol. The van der Waals surface area contributed by atoms with Crippen LogP contribution in [0.2, 0.25) is 0 Å². The van der Waals surface area contributed by atoms with Crippen molar-refractivity contribution in [3.63, 3.8) is 0 Å². The molecule has 3 rings (SSSR count). The van der Waals surface area contributed by atoms with Gasteiger partial charge in [-0.05, 0) is 29.3 Å². The summed E-state index contributed by atoms with van der Waals surface area (Å²) in [4.78, 5) is 25.0. The minimum absolute atomic E-state index is 0.304. The number of nitrogens with one attached hydrogen (secondary N) is 1. The number of esters is 1. The lowest BCUT2D eigenvalue weighted by atomic mass is 10.0. The summed E-state index contributed by atoms with van der Waals surface area (Å²) in [5.41, 5.74) is 2.91. The van der Waals surface area contributed by atoms with Crippen molar-refractivity contribution in [2.24, 2.45) is 0 Å². The van der Waals surface area contributed by atoms with Gasteiger partial charge in [-0.1, -0.05) is 72.8 Å². The molecule has 1 amide bonds. The Balaban J connectivity index is 1.98. The maximum atomic E-state index is 13.0. The second-order valence-electron chi connectivity index (χ2n) is 5.83. The SMILES string of the molecule is COC(=O)c1ccccc1NC(=O)/C(=C/c1ccccc1)c1ccccc1. The Kier molecular flexibility index (Phi) is 5.80. The molecule has 0 saturated carbocycles. The van der Waals surface area contributed by atoms with E-state index in [2.05, 4.69) is 5.32 Å². The predicted molar refractivity (Wildman–Crippen MR) is 107 cm³/mol. The summed E-state index contributed by atoms with van der Waals surface area (Å²) >= 11 is 0. The fourth-order valence-corrected chi connectivity index (χ4v) is 2.68. The van der Waals surface area contributed by atoms with Crippen molar-refractivity contribution in [3.8, 4) is 0 Å². The van der Waals surface area contributed by atoms with Crippen LogP contribution in [0.5, 0.6) is 0 Å². The Bertz CT molecular complexity index is 963. The highest BCUT2D eigenvalue weighted by atomic mass is 16.5. The number of carbonyl (C=O) groups excluding carboxylic acids is 2. The number of methoxy groups -OCH3 is 1. The summed E-state index contributed by atoms with van der Waals surface area (Å²) in [6.07, 6.45) is 1.82. The van der Waals surface area contributed by atoms with E-state index in [1.807, 2.05) is 66.7 Å². The lowest BCUT2D eigenvalue weighted by Gasteiger charge is -2.12. The third-order valence-corrected chi connectivity index (χ3v) is 4.02. The van der Waals surface area contributed by atoms with Crippen LogP contribution in [0, 0.1) is 0 Å². The summed E-state index contributed by atoms with van der Waals surface area (Å²) < 4.78 is 4.79. The second kappa shape index (κ2) is 8.63. The molecule has 0 aliphatic carbocycles. The number of rotatable bonds is 5. The Morgan fingerprint density at radius 3 is 2.07 bits per heavy atom. The van der Waals surface area contributed by atoms with E-state index >= 15 is 0 Å². The molecule has 27 heavy (non-hydrogen) atoms. The zero-order valence-corrected chi connectivity index (χ0v) is 14.9. The van der Waals surface area contributed by atoms with Crippen LogP contribution in [0.1, 0.15) is 21.5 Å². The number of para-hydroxylation sites is 1. The predicted octanol–water partition coefficient (Wildman–Crippen LogP) is 4.65. The summed E-state index contributed by atoms with van der Waals surface area (Å²) in [6.45, 7) is 0. The summed E-state index contributed by atoms with van der Waals surface area (Å²) in [5.74, 6) is -0.805. The van der Waals surface area contributed by atoms with Gasteiger partial charge >= 0.3 is 5.97 Å². The van der Waals surface area contributed by atoms with Gasteiger partial charge in [0.15, 0.2) is 0 Å². The van der Waals surface area contributed by atoms with E-state index < -0.39 is 5.97 Å². The van der Waals surface area contributed by atoms with Crippen LogP contribution in [0.4, 0.5) is 5.69 Å². The van der Waals surface area contributed by atoms with E-state index in [9.17, 15) is 9.59 Å². The molecule has 0 atom stereocenters. The van der Waals surface area contributed by atoms with E-state index in [0.29, 0.717) is 16.8 Å². The summed E-state index contributed by atoms with van der Waals surface area (Å²) in [5, 5.41) is 2.84. The molecular formula is C23H19NO3. The third-order valence-electron chi connectivity index (χ3n) is 4.02. The lowest BCUT2D eigenvalue weighted by molar-refractivity contribution is -0.111. The van der Waals surface area contributed by atoms with Gasteiger partial charge in [-0.2, -0.15) is 0 Å². The van der Waals surface area contributed by atoms with E-state index in [0.717, 1.165) is 11.1 Å². The van der Waals surface area contributed by atoms with Gasteiger partial charge in [-0.3, -0.25) is 4.79 Å². The molecule has 0 aliphatic rings. The van der Waals surface area contributed by atoms with Crippen molar-refractivity contribution in [3.05, 3.63) is 102 Å². The van der Waals surface area contributed by atoms with E-state index in [-0.39, 0.29) is 5.91 Å². The number of anilines is 1. The molecule has 0 aliphatic heterocycles. The van der Waals surface area contributed by atoms with Crippen molar-refractivity contribution in [2.45, 2.75) is 0 Å². The van der Waals surface area contributed by atoms with Crippen LogP contribution < -0.4 is 5.32 Å².